The van der Waals surface area contributed by atoms with Gasteiger partial charge in [-0.25, -0.2) is 0 Å². The van der Waals surface area contributed by atoms with Crippen molar-refractivity contribution in [3.05, 3.63) is 54.2 Å². The number of methoxy groups -OCH3 is 1. The van der Waals surface area contributed by atoms with Crippen molar-refractivity contribution < 1.29 is 19.1 Å². The number of nitrogens with one attached hydrogen (secondary N) is 3. The summed E-state index contributed by atoms with van der Waals surface area (Å²) >= 11 is 0. The van der Waals surface area contributed by atoms with E-state index in [4.69, 9.17) is 9.47 Å². The van der Waals surface area contributed by atoms with Crippen LogP contribution in [-0.4, -0.2) is 35.2 Å². The standard InChI is InChI=1S/C20H18N4O4/c1-11-19(25)22-16-9-13(6-7-18(16)28-11)21-20(26)17-10-15(23-24-17)12-4-3-5-14(8-12)27-2/h3-11H,1-2H3,(H,21,26)(H,22,25)(H,23,24)/t11-/m0/s1. The van der Waals surface area contributed by atoms with Gasteiger partial charge in [-0.3, -0.25) is 14.7 Å². The number of amides is 2. The van der Waals surface area contributed by atoms with Gasteiger partial charge in [-0.05, 0) is 43.3 Å². The highest BCUT2D eigenvalue weighted by molar-refractivity contribution is 6.04. The van der Waals surface area contributed by atoms with Crippen molar-refractivity contribution in [3.63, 3.8) is 0 Å². The van der Waals surface area contributed by atoms with Gasteiger partial charge in [-0.2, -0.15) is 5.10 Å². The fourth-order valence-electron chi connectivity index (χ4n) is 2.85. The molecule has 1 aliphatic heterocycles. The number of hydrogen-bond acceptors (Lipinski definition) is 5. The molecule has 1 aromatic heterocycles. The Morgan fingerprint density at radius 1 is 1.21 bits per heavy atom. The van der Waals surface area contributed by atoms with E-state index in [1.54, 1.807) is 38.3 Å². The lowest BCUT2D eigenvalue weighted by Crippen LogP contribution is -2.34. The average molecular weight is 378 g/mol. The van der Waals surface area contributed by atoms with E-state index in [2.05, 4.69) is 20.8 Å². The summed E-state index contributed by atoms with van der Waals surface area (Å²) in [6, 6.07) is 14.1. The van der Waals surface area contributed by atoms with Crippen LogP contribution in [0.15, 0.2) is 48.5 Å². The molecule has 2 amide bonds. The third-order valence-electron chi connectivity index (χ3n) is 4.36. The molecule has 3 aromatic rings. The molecular formula is C20H18N4O4. The number of fused-ring (bicyclic) bond motifs is 1. The van der Waals surface area contributed by atoms with Crippen LogP contribution in [0.2, 0.25) is 0 Å². The molecule has 0 bridgehead atoms. The molecule has 0 radical (unpaired) electrons. The summed E-state index contributed by atoms with van der Waals surface area (Å²) in [6.07, 6.45) is -0.548. The van der Waals surface area contributed by atoms with Gasteiger partial charge in [0, 0.05) is 11.3 Å². The number of carbonyl (C=O) groups is 2. The summed E-state index contributed by atoms with van der Waals surface area (Å²) in [5.41, 5.74) is 2.81. The molecule has 142 valence electrons. The van der Waals surface area contributed by atoms with Gasteiger partial charge in [-0.15, -0.1) is 0 Å². The molecule has 0 fully saturated rings. The van der Waals surface area contributed by atoms with Crippen LogP contribution >= 0.6 is 0 Å². The maximum atomic E-state index is 12.5. The minimum atomic E-state index is -0.548. The number of carbonyl (C=O) groups excluding carboxylic acids is 2. The largest absolute Gasteiger partial charge is 0.497 e. The first-order chi connectivity index (χ1) is 13.5. The normalized spacial score (nSPS) is 15.2. The van der Waals surface area contributed by atoms with Crippen molar-refractivity contribution in [2.75, 3.05) is 17.7 Å². The maximum Gasteiger partial charge on any atom is 0.273 e. The van der Waals surface area contributed by atoms with E-state index < -0.39 is 6.10 Å². The lowest BCUT2D eigenvalue weighted by molar-refractivity contribution is -0.122. The van der Waals surface area contributed by atoms with Crippen LogP contribution < -0.4 is 20.1 Å². The molecule has 1 aliphatic rings. The number of benzene rings is 2. The highest BCUT2D eigenvalue weighted by Crippen LogP contribution is 2.32. The zero-order chi connectivity index (χ0) is 19.7. The fourth-order valence-corrected chi connectivity index (χ4v) is 2.85. The van der Waals surface area contributed by atoms with Gasteiger partial charge in [0.05, 0.1) is 18.5 Å². The number of anilines is 2. The first kappa shape index (κ1) is 17.6. The summed E-state index contributed by atoms with van der Waals surface area (Å²) in [5.74, 6) is 0.691. The Hall–Kier alpha value is -3.81. The van der Waals surface area contributed by atoms with Crippen LogP contribution in [-0.2, 0) is 4.79 Å². The van der Waals surface area contributed by atoms with Crippen LogP contribution in [0, 0.1) is 0 Å². The van der Waals surface area contributed by atoms with E-state index in [1.165, 1.54) is 0 Å². The molecule has 8 nitrogen and oxygen atoms in total. The summed E-state index contributed by atoms with van der Waals surface area (Å²) < 4.78 is 10.7. The maximum absolute atomic E-state index is 12.5. The highest BCUT2D eigenvalue weighted by Gasteiger charge is 2.23. The van der Waals surface area contributed by atoms with E-state index >= 15 is 0 Å². The molecule has 0 saturated carbocycles. The third kappa shape index (κ3) is 3.39. The smallest absolute Gasteiger partial charge is 0.273 e. The predicted molar refractivity (Wildman–Crippen MR) is 104 cm³/mol. The molecule has 1 atom stereocenters. The highest BCUT2D eigenvalue weighted by atomic mass is 16.5. The monoisotopic (exact) mass is 378 g/mol. The molecule has 4 rings (SSSR count). The van der Waals surface area contributed by atoms with Gasteiger partial charge in [0.1, 0.15) is 17.2 Å². The van der Waals surface area contributed by atoms with Crippen molar-refractivity contribution in [2.45, 2.75) is 13.0 Å². The minimum Gasteiger partial charge on any atom is -0.497 e. The van der Waals surface area contributed by atoms with E-state index in [1.807, 2.05) is 24.3 Å². The topological polar surface area (TPSA) is 105 Å². The van der Waals surface area contributed by atoms with Crippen LogP contribution in [0.5, 0.6) is 11.5 Å². The first-order valence-corrected chi connectivity index (χ1v) is 8.66. The van der Waals surface area contributed by atoms with Crippen molar-refractivity contribution in [2.24, 2.45) is 0 Å². The van der Waals surface area contributed by atoms with Crippen LogP contribution in [0.4, 0.5) is 11.4 Å². The summed E-state index contributed by atoms with van der Waals surface area (Å²) in [6.45, 7) is 1.67. The van der Waals surface area contributed by atoms with Crippen LogP contribution in [0.25, 0.3) is 11.3 Å². The quantitative estimate of drug-likeness (QED) is 0.647. The van der Waals surface area contributed by atoms with Gasteiger partial charge in [-0.1, -0.05) is 12.1 Å². The number of nitrogens with zero attached hydrogens (tertiary/aromatic N) is 1. The predicted octanol–water partition coefficient (Wildman–Crippen LogP) is 3.06. The van der Waals surface area contributed by atoms with Crippen molar-refractivity contribution in [1.29, 1.82) is 0 Å². The Bertz CT molecular complexity index is 1060. The minimum absolute atomic E-state index is 0.229. The number of aromatic amines is 1. The number of hydrogen-bond donors (Lipinski definition) is 3. The number of ether oxygens (including phenoxy) is 2. The third-order valence-corrected chi connectivity index (χ3v) is 4.36. The molecule has 0 unspecified atom stereocenters. The van der Waals surface area contributed by atoms with Crippen LogP contribution in [0.1, 0.15) is 17.4 Å². The fraction of sp³-hybridized carbons (Fsp3) is 0.150. The molecule has 28 heavy (non-hydrogen) atoms. The van der Waals surface area contributed by atoms with Crippen LogP contribution in [0.3, 0.4) is 0 Å². The molecule has 0 aliphatic carbocycles. The first-order valence-electron chi connectivity index (χ1n) is 8.66. The summed E-state index contributed by atoms with van der Waals surface area (Å²) in [5, 5.41) is 12.5. The SMILES string of the molecule is COc1cccc(-c2cc(C(=O)Nc3ccc4c(c3)NC(=O)[C@H](C)O4)[nH]n2)c1. The summed E-state index contributed by atoms with van der Waals surface area (Å²) in [4.78, 5) is 24.3. The van der Waals surface area contributed by atoms with E-state index in [0.717, 1.165) is 5.56 Å². The van der Waals surface area contributed by atoms with Gasteiger partial charge in [0.25, 0.3) is 11.8 Å². The Labute approximate surface area is 160 Å². The second kappa shape index (κ2) is 7.07. The average Bonchev–Trinajstić information content (AvgIpc) is 3.20. The van der Waals surface area contributed by atoms with Gasteiger partial charge in [0.2, 0.25) is 0 Å². The molecule has 0 spiro atoms. The molecular weight excluding hydrogens is 360 g/mol. The Morgan fingerprint density at radius 2 is 2.07 bits per heavy atom. The Balaban J connectivity index is 1.51. The summed E-state index contributed by atoms with van der Waals surface area (Å²) in [7, 11) is 1.59. The zero-order valence-corrected chi connectivity index (χ0v) is 15.3. The van der Waals surface area contributed by atoms with E-state index in [-0.39, 0.29) is 11.8 Å². The van der Waals surface area contributed by atoms with Gasteiger partial charge in [0.15, 0.2) is 6.10 Å². The van der Waals surface area contributed by atoms with Gasteiger partial charge < -0.3 is 20.1 Å². The number of rotatable bonds is 4. The van der Waals surface area contributed by atoms with Crippen molar-refractivity contribution in [1.82, 2.24) is 10.2 Å². The Kier molecular flexibility index (Phi) is 4.44. The van der Waals surface area contributed by atoms with E-state index in [9.17, 15) is 9.59 Å². The molecule has 2 heterocycles. The van der Waals surface area contributed by atoms with E-state index in [0.29, 0.717) is 34.3 Å². The molecule has 8 heteroatoms. The van der Waals surface area contributed by atoms with Gasteiger partial charge >= 0.3 is 0 Å². The number of aromatic nitrogens is 2. The van der Waals surface area contributed by atoms with Crippen molar-refractivity contribution in [3.8, 4) is 22.8 Å². The molecule has 2 aromatic carbocycles. The second-order valence-electron chi connectivity index (χ2n) is 6.31. The van der Waals surface area contributed by atoms with Crippen molar-refractivity contribution >= 4 is 23.2 Å². The number of H-pyrrole nitrogens is 1. The lowest BCUT2D eigenvalue weighted by atomic mass is 10.1. The molecule has 3 N–H and O–H groups in total. The lowest BCUT2D eigenvalue weighted by Gasteiger charge is -2.23. The zero-order valence-electron chi connectivity index (χ0n) is 15.3. The second-order valence-corrected chi connectivity index (χ2v) is 6.31. The Morgan fingerprint density at radius 3 is 2.89 bits per heavy atom. The molecule has 0 saturated heterocycles.